The second kappa shape index (κ2) is 15.7. The van der Waals surface area contributed by atoms with Gasteiger partial charge in [-0.3, -0.25) is 4.79 Å². The topological polar surface area (TPSA) is 81.0 Å². The fraction of sp³-hybridized carbons (Fsp3) is 0.500. The number of aliphatic hydroxyl groups is 3. The molecular formula is C38H51NO4. The van der Waals surface area contributed by atoms with Crippen LogP contribution in [-0.4, -0.2) is 51.0 Å². The summed E-state index contributed by atoms with van der Waals surface area (Å²) in [6.07, 6.45) is 7.36. The molecule has 232 valence electrons. The van der Waals surface area contributed by atoms with E-state index in [1.165, 1.54) is 24.0 Å². The summed E-state index contributed by atoms with van der Waals surface area (Å²) in [5, 5.41) is 29.5. The van der Waals surface area contributed by atoms with Crippen LogP contribution in [0, 0.1) is 5.41 Å². The normalized spacial score (nSPS) is 26.7. The molecule has 0 radical (unpaired) electrons. The Bertz CT molecular complexity index is 1180. The van der Waals surface area contributed by atoms with Crippen LogP contribution in [0.3, 0.4) is 0 Å². The Labute approximate surface area is 258 Å². The van der Waals surface area contributed by atoms with Gasteiger partial charge in [0.25, 0.3) is 0 Å². The quantitative estimate of drug-likeness (QED) is 0.292. The standard InChI is InChI=1S/C16H23NO2.2C11H14O/c1-4-16(2,3)15(19)17-11-10-13(18)14(17)12-8-6-5-7-9-12;2*12-11-8-4-7-10(11)9-5-2-1-3-6-9/h5-9,13-14,18H,4,10-11H2,1-3H3;2*1-3,5-6,10-12H,4,7-8H2/t13-,14+;2*10-,11+/m011/s1. The average molecular weight is 586 g/mol. The fourth-order valence-electron chi connectivity index (χ4n) is 6.66. The van der Waals surface area contributed by atoms with Gasteiger partial charge in [0, 0.05) is 23.8 Å². The van der Waals surface area contributed by atoms with Crippen LogP contribution in [0.15, 0.2) is 91.0 Å². The average Bonchev–Trinajstić information content (AvgIpc) is 3.78. The van der Waals surface area contributed by atoms with E-state index in [1.54, 1.807) is 0 Å². The van der Waals surface area contributed by atoms with Gasteiger partial charge in [0.1, 0.15) is 0 Å². The first-order valence-corrected chi connectivity index (χ1v) is 16.2. The number of amides is 1. The van der Waals surface area contributed by atoms with Gasteiger partial charge in [0.2, 0.25) is 5.91 Å². The van der Waals surface area contributed by atoms with Gasteiger partial charge in [-0.15, -0.1) is 0 Å². The van der Waals surface area contributed by atoms with Crippen molar-refractivity contribution in [3.05, 3.63) is 108 Å². The Kier molecular flexibility index (Phi) is 12.0. The zero-order valence-corrected chi connectivity index (χ0v) is 26.2. The first-order valence-electron chi connectivity index (χ1n) is 16.2. The lowest BCUT2D eigenvalue weighted by Gasteiger charge is -2.33. The van der Waals surface area contributed by atoms with Crippen molar-refractivity contribution in [2.75, 3.05) is 6.54 Å². The molecule has 3 aromatic rings. The van der Waals surface area contributed by atoms with Gasteiger partial charge in [-0.25, -0.2) is 0 Å². The molecule has 5 nitrogen and oxygen atoms in total. The van der Waals surface area contributed by atoms with E-state index in [0.717, 1.165) is 37.7 Å². The highest BCUT2D eigenvalue weighted by atomic mass is 16.3. The number of carbonyl (C=O) groups excluding carboxylic acids is 1. The summed E-state index contributed by atoms with van der Waals surface area (Å²) >= 11 is 0. The second-order valence-electron chi connectivity index (χ2n) is 13.0. The summed E-state index contributed by atoms with van der Waals surface area (Å²) in [6.45, 7) is 6.62. The van der Waals surface area contributed by atoms with Crippen molar-refractivity contribution < 1.29 is 20.1 Å². The van der Waals surface area contributed by atoms with Crippen molar-refractivity contribution in [3.63, 3.8) is 0 Å². The van der Waals surface area contributed by atoms with Gasteiger partial charge in [-0.2, -0.15) is 0 Å². The molecule has 0 unspecified atom stereocenters. The highest BCUT2D eigenvalue weighted by Crippen LogP contribution is 2.37. The summed E-state index contributed by atoms with van der Waals surface area (Å²) in [6, 6.07) is 30.3. The molecule has 2 aliphatic carbocycles. The maximum atomic E-state index is 12.6. The molecule has 3 aliphatic rings. The van der Waals surface area contributed by atoms with Crippen LogP contribution in [0.4, 0.5) is 0 Å². The zero-order valence-electron chi connectivity index (χ0n) is 26.2. The van der Waals surface area contributed by atoms with Gasteiger partial charge in [0.15, 0.2) is 0 Å². The lowest BCUT2D eigenvalue weighted by atomic mass is 9.88. The van der Waals surface area contributed by atoms with Gasteiger partial charge < -0.3 is 20.2 Å². The van der Waals surface area contributed by atoms with Crippen LogP contribution in [-0.2, 0) is 4.79 Å². The predicted molar refractivity (Wildman–Crippen MR) is 174 cm³/mol. The van der Waals surface area contributed by atoms with Crippen molar-refractivity contribution >= 4 is 5.91 Å². The van der Waals surface area contributed by atoms with Gasteiger partial charge >= 0.3 is 0 Å². The van der Waals surface area contributed by atoms with E-state index in [2.05, 4.69) is 24.3 Å². The molecule has 3 aromatic carbocycles. The highest BCUT2D eigenvalue weighted by Gasteiger charge is 2.41. The molecule has 1 saturated heterocycles. The van der Waals surface area contributed by atoms with Gasteiger partial charge in [-0.1, -0.05) is 125 Å². The fourth-order valence-corrected chi connectivity index (χ4v) is 6.66. The maximum Gasteiger partial charge on any atom is 0.228 e. The number of hydrogen-bond donors (Lipinski definition) is 3. The summed E-state index contributed by atoms with van der Waals surface area (Å²) in [7, 11) is 0. The summed E-state index contributed by atoms with van der Waals surface area (Å²) in [5.41, 5.74) is 3.25. The van der Waals surface area contributed by atoms with Crippen LogP contribution >= 0.6 is 0 Å². The minimum atomic E-state index is -0.459. The van der Waals surface area contributed by atoms with Gasteiger partial charge in [-0.05, 0) is 55.2 Å². The van der Waals surface area contributed by atoms with Crippen molar-refractivity contribution in [3.8, 4) is 0 Å². The summed E-state index contributed by atoms with van der Waals surface area (Å²) < 4.78 is 0. The van der Waals surface area contributed by atoms with E-state index < -0.39 is 6.10 Å². The number of carbonyl (C=O) groups is 1. The minimum absolute atomic E-state index is 0.104. The first kappa shape index (κ1) is 32.9. The van der Waals surface area contributed by atoms with E-state index in [4.69, 9.17) is 0 Å². The molecule has 1 aliphatic heterocycles. The van der Waals surface area contributed by atoms with Crippen molar-refractivity contribution in [1.82, 2.24) is 4.90 Å². The lowest BCUT2D eigenvalue weighted by molar-refractivity contribution is -0.142. The smallest absolute Gasteiger partial charge is 0.228 e. The number of likely N-dealkylation sites (tertiary alicyclic amines) is 1. The summed E-state index contributed by atoms with van der Waals surface area (Å²) in [4.78, 5) is 14.5. The minimum Gasteiger partial charge on any atom is -0.392 e. The van der Waals surface area contributed by atoms with Crippen LogP contribution < -0.4 is 0 Å². The number of nitrogens with zero attached hydrogens (tertiary/aromatic N) is 1. The van der Waals surface area contributed by atoms with E-state index in [-0.39, 0.29) is 29.6 Å². The Balaban J connectivity index is 0.000000154. The largest absolute Gasteiger partial charge is 0.392 e. The molecule has 0 spiro atoms. The monoisotopic (exact) mass is 585 g/mol. The molecule has 2 saturated carbocycles. The van der Waals surface area contributed by atoms with Crippen LogP contribution in [0.25, 0.3) is 0 Å². The van der Waals surface area contributed by atoms with Crippen molar-refractivity contribution in [1.29, 1.82) is 0 Å². The third kappa shape index (κ3) is 8.56. The van der Waals surface area contributed by atoms with Crippen LogP contribution in [0.2, 0.25) is 0 Å². The number of rotatable bonds is 5. The Morgan fingerprint density at radius 1 is 0.651 bits per heavy atom. The van der Waals surface area contributed by atoms with E-state index in [0.29, 0.717) is 24.8 Å². The van der Waals surface area contributed by atoms with Crippen molar-refractivity contribution in [2.24, 2.45) is 5.41 Å². The third-order valence-electron chi connectivity index (χ3n) is 9.65. The Morgan fingerprint density at radius 3 is 1.44 bits per heavy atom. The number of benzene rings is 3. The van der Waals surface area contributed by atoms with Crippen molar-refractivity contribution in [2.45, 2.75) is 108 Å². The lowest BCUT2D eigenvalue weighted by Crippen LogP contribution is -2.41. The second-order valence-corrected chi connectivity index (χ2v) is 13.0. The Morgan fingerprint density at radius 2 is 1.07 bits per heavy atom. The molecule has 43 heavy (non-hydrogen) atoms. The first-order chi connectivity index (χ1) is 20.7. The predicted octanol–water partition coefficient (Wildman–Crippen LogP) is 7.39. The van der Waals surface area contributed by atoms with Crippen LogP contribution in [0.5, 0.6) is 0 Å². The molecule has 0 aromatic heterocycles. The van der Waals surface area contributed by atoms with Gasteiger partial charge in [0.05, 0.1) is 24.4 Å². The molecule has 3 N–H and O–H groups in total. The zero-order chi connectivity index (χ0) is 30.8. The molecular weight excluding hydrogens is 534 g/mol. The number of hydrogen-bond acceptors (Lipinski definition) is 4. The molecule has 3 fully saturated rings. The van der Waals surface area contributed by atoms with E-state index >= 15 is 0 Å². The molecule has 6 atom stereocenters. The Hall–Kier alpha value is -2.99. The molecule has 5 heteroatoms. The molecule has 0 bridgehead atoms. The SMILES string of the molecule is CCC(C)(C)C(=O)N1CC[C@H](O)[C@H]1c1ccccc1.O[C@H]1CCC[C@@H]1c1ccccc1.O[C@H]1CCC[C@@H]1c1ccccc1. The third-order valence-corrected chi connectivity index (χ3v) is 9.65. The molecule has 6 rings (SSSR count). The van der Waals surface area contributed by atoms with E-state index in [9.17, 15) is 20.1 Å². The van der Waals surface area contributed by atoms with Crippen LogP contribution in [0.1, 0.15) is 107 Å². The molecule has 1 amide bonds. The number of aliphatic hydroxyl groups excluding tert-OH is 3. The maximum absolute atomic E-state index is 12.6. The highest BCUT2D eigenvalue weighted by molar-refractivity contribution is 5.82. The van der Waals surface area contributed by atoms with E-state index in [1.807, 2.05) is 92.4 Å². The summed E-state index contributed by atoms with van der Waals surface area (Å²) in [5.74, 6) is 0.929. The molecule has 1 heterocycles.